The second-order valence-corrected chi connectivity index (χ2v) is 3.95. The number of hydroxylamine groups is 2. The Hall–Kier alpha value is -0.900. The van der Waals surface area contributed by atoms with Crippen molar-refractivity contribution < 1.29 is 9.94 Å². The summed E-state index contributed by atoms with van der Waals surface area (Å²) < 4.78 is 0. The van der Waals surface area contributed by atoms with Gasteiger partial charge in [-0.3, -0.25) is 4.84 Å². The van der Waals surface area contributed by atoms with Gasteiger partial charge in [0.2, 0.25) is 0 Å². The second kappa shape index (κ2) is 4.75. The predicted molar refractivity (Wildman–Crippen MR) is 58.1 cm³/mol. The molecule has 0 aromatic heterocycles. The molecule has 0 amide bonds. The molecular formula is C12H17NO2. The number of hydrogen-bond donors (Lipinski definition) is 1. The first kappa shape index (κ1) is 10.6. The first-order valence-electron chi connectivity index (χ1n) is 5.36. The molecule has 0 aliphatic carbocycles. The Balaban J connectivity index is 2.05. The fourth-order valence-corrected chi connectivity index (χ4v) is 2.08. The van der Waals surface area contributed by atoms with Crippen molar-refractivity contribution in [3.63, 3.8) is 0 Å². The molecule has 3 nitrogen and oxygen atoms in total. The van der Waals surface area contributed by atoms with Gasteiger partial charge in [-0.1, -0.05) is 30.3 Å². The van der Waals surface area contributed by atoms with Crippen molar-refractivity contribution >= 4 is 0 Å². The number of rotatable bonds is 3. The zero-order valence-corrected chi connectivity index (χ0v) is 8.97. The summed E-state index contributed by atoms with van der Waals surface area (Å²) in [5.74, 6) is 0. The van der Waals surface area contributed by atoms with Gasteiger partial charge >= 0.3 is 0 Å². The van der Waals surface area contributed by atoms with Gasteiger partial charge in [0.05, 0.1) is 12.1 Å². The van der Waals surface area contributed by atoms with Crippen molar-refractivity contribution in [2.45, 2.75) is 25.0 Å². The summed E-state index contributed by atoms with van der Waals surface area (Å²) in [6, 6.07) is 10.7. The molecule has 1 aliphatic heterocycles. The number of aliphatic hydroxyl groups is 1. The summed E-state index contributed by atoms with van der Waals surface area (Å²) in [7, 11) is 1.95. The molecule has 15 heavy (non-hydrogen) atoms. The van der Waals surface area contributed by atoms with E-state index < -0.39 is 0 Å². The van der Waals surface area contributed by atoms with E-state index in [0.717, 1.165) is 6.42 Å². The van der Waals surface area contributed by atoms with E-state index in [4.69, 9.17) is 9.94 Å². The zero-order valence-electron chi connectivity index (χ0n) is 8.97. The van der Waals surface area contributed by atoms with Crippen molar-refractivity contribution in [1.82, 2.24) is 5.06 Å². The van der Waals surface area contributed by atoms with E-state index >= 15 is 0 Å². The van der Waals surface area contributed by atoms with Crippen molar-refractivity contribution in [3.8, 4) is 0 Å². The molecule has 2 rings (SSSR count). The normalized spacial score (nSPS) is 27.1. The van der Waals surface area contributed by atoms with Crippen LogP contribution < -0.4 is 0 Å². The van der Waals surface area contributed by atoms with Crippen LogP contribution in [0.25, 0.3) is 0 Å². The van der Waals surface area contributed by atoms with Gasteiger partial charge in [-0.25, -0.2) is 0 Å². The van der Waals surface area contributed by atoms with E-state index in [2.05, 4.69) is 12.1 Å². The molecule has 0 unspecified atom stereocenters. The molecule has 0 radical (unpaired) electrons. The van der Waals surface area contributed by atoms with E-state index in [1.54, 1.807) is 0 Å². The van der Waals surface area contributed by atoms with Gasteiger partial charge in [0, 0.05) is 13.7 Å². The van der Waals surface area contributed by atoms with E-state index in [0.29, 0.717) is 12.5 Å². The maximum Gasteiger partial charge on any atom is 0.0834 e. The van der Waals surface area contributed by atoms with Crippen LogP contribution in [0.5, 0.6) is 0 Å². The average Bonchev–Trinajstić information content (AvgIpc) is 2.61. The van der Waals surface area contributed by atoms with Crippen LogP contribution in [0.1, 0.15) is 24.4 Å². The standard InChI is InChI=1S/C12H17NO2/c1-13-12(9-11(15-13)7-8-14)10-5-3-2-4-6-10/h2-6,11-12,14H,7-9H2,1H3/t11-,12-/m0/s1. The highest BCUT2D eigenvalue weighted by molar-refractivity contribution is 5.19. The lowest BCUT2D eigenvalue weighted by Gasteiger charge is -2.17. The van der Waals surface area contributed by atoms with Crippen molar-refractivity contribution in [2.24, 2.45) is 0 Å². The molecule has 3 heteroatoms. The minimum absolute atomic E-state index is 0.158. The zero-order chi connectivity index (χ0) is 10.7. The third kappa shape index (κ3) is 2.37. The molecule has 1 N–H and O–H groups in total. The van der Waals surface area contributed by atoms with E-state index in [1.807, 2.05) is 30.3 Å². The molecule has 0 spiro atoms. The summed E-state index contributed by atoms with van der Waals surface area (Å²) >= 11 is 0. The topological polar surface area (TPSA) is 32.7 Å². The van der Waals surface area contributed by atoms with Gasteiger partial charge in [0.1, 0.15) is 0 Å². The van der Waals surface area contributed by atoms with Gasteiger partial charge in [-0.2, -0.15) is 5.06 Å². The number of hydrogen-bond acceptors (Lipinski definition) is 3. The van der Waals surface area contributed by atoms with Crippen molar-refractivity contribution in [3.05, 3.63) is 35.9 Å². The number of aliphatic hydroxyl groups excluding tert-OH is 1. The summed E-state index contributed by atoms with van der Waals surface area (Å²) in [5.41, 5.74) is 1.28. The summed E-state index contributed by atoms with van der Waals surface area (Å²) in [5, 5.41) is 10.8. The van der Waals surface area contributed by atoms with E-state index in [1.165, 1.54) is 5.56 Å². The van der Waals surface area contributed by atoms with Crippen molar-refractivity contribution in [2.75, 3.05) is 13.7 Å². The van der Waals surface area contributed by atoms with Crippen molar-refractivity contribution in [1.29, 1.82) is 0 Å². The highest BCUT2D eigenvalue weighted by atomic mass is 16.7. The maximum absolute atomic E-state index is 8.87. The lowest BCUT2D eigenvalue weighted by Crippen LogP contribution is -2.17. The molecule has 1 aromatic rings. The Labute approximate surface area is 90.2 Å². The fraction of sp³-hybridized carbons (Fsp3) is 0.500. The summed E-state index contributed by atoms with van der Waals surface area (Å²) in [6.07, 6.45) is 1.83. The van der Waals surface area contributed by atoms with Gasteiger partial charge in [-0.05, 0) is 18.4 Å². The molecule has 0 bridgehead atoms. The van der Waals surface area contributed by atoms with Crippen LogP contribution in [0, 0.1) is 0 Å². The molecule has 82 valence electrons. The minimum Gasteiger partial charge on any atom is -0.396 e. The van der Waals surface area contributed by atoms with Crippen LogP contribution in [-0.2, 0) is 4.84 Å². The van der Waals surface area contributed by atoms with Gasteiger partial charge in [0.15, 0.2) is 0 Å². The lowest BCUT2D eigenvalue weighted by atomic mass is 10.0. The van der Waals surface area contributed by atoms with Crippen LogP contribution in [0.15, 0.2) is 30.3 Å². The fourth-order valence-electron chi connectivity index (χ4n) is 2.08. The third-order valence-electron chi connectivity index (χ3n) is 2.88. The number of benzene rings is 1. The lowest BCUT2D eigenvalue weighted by molar-refractivity contribution is -0.147. The van der Waals surface area contributed by atoms with Crippen LogP contribution in [0.4, 0.5) is 0 Å². The van der Waals surface area contributed by atoms with Gasteiger partial charge in [-0.15, -0.1) is 0 Å². The maximum atomic E-state index is 8.87. The largest absolute Gasteiger partial charge is 0.396 e. The smallest absolute Gasteiger partial charge is 0.0834 e. The quantitative estimate of drug-likeness (QED) is 0.819. The molecule has 1 aliphatic rings. The molecule has 1 aromatic carbocycles. The van der Waals surface area contributed by atoms with Gasteiger partial charge in [0.25, 0.3) is 0 Å². The first-order valence-corrected chi connectivity index (χ1v) is 5.36. The molecule has 1 heterocycles. The van der Waals surface area contributed by atoms with Crippen LogP contribution >= 0.6 is 0 Å². The second-order valence-electron chi connectivity index (χ2n) is 3.95. The Morgan fingerprint density at radius 1 is 1.40 bits per heavy atom. The van der Waals surface area contributed by atoms with E-state index in [-0.39, 0.29) is 12.7 Å². The Morgan fingerprint density at radius 2 is 2.13 bits per heavy atom. The van der Waals surface area contributed by atoms with Crippen LogP contribution in [0.3, 0.4) is 0 Å². The molecule has 0 saturated carbocycles. The van der Waals surface area contributed by atoms with Crippen LogP contribution in [0.2, 0.25) is 0 Å². The molecular weight excluding hydrogens is 190 g/mol. The first-order chi connectivity index (χ1) is 7.31. The average molecular weight is 207 g/mol. The molecule has 1 saturated heterocycles. The Bertz CT molecular complexity index is 302. The highest BCUT2D eigenvalue weighted by Crippen LogP contribution is 2.33. The highest BCUT2D eigenvalue weighted by Gasteiger charge is 2.31. The molecule has 1 fully saturated rings. The SMILES string of the molecule is CN1O[C@@H](CCO)C[C@H]1c1ccccc1. The van der Waals surface area contributed by atoms with Gasteiger partial charge < -0.3 is 5.11 Å². The predicted octanol–water partition coefficient (Wildman–Crippen LogP) is 1.75. The Kier molecular flexibility index (Phi) is 3.36. The monoisotopic (exact) mass is 207 g/mol. The summed E-state index contributed by atoms with van der Waals surface area (Å²) in [6.45, 7) is 0.194. The molecule has 2 atom stereocenters. The van der Waals surface area contributed by atoms with E-state index in [9.17, 15) is 0 Å². The number of nitrogens with zero attached hydrogens (tertiary/aromatic N) is 1. The third-order valence-corrected chi connectivity index (χ3v) is 2.88. The van der Waals surface area contributed by atoms with Crippen LogP contribution in [-0.4, -0.2) is 29.9 Å². The Morgan fingerprint density at radius 3 is 2.80 bits per heavy atom. The summed E-state index contributed by atoms with van der Waals surface area (Å²) in [4.78, 5) is 5.64. The minimum atomic E-state index is 0.158.